The lowest BCUT2D eigenvalue weighted by Crippen LogP contribution is -2.49. The van der Waals surface area contributed by atoms with Crippen molar-refractivity contribution in [1.82, 2.24) is 20.0 Å². The lowest BCUT2D eigenvalue weighted by Gasteiger charge is -2.30. The van der Waals surface area contributed by atoms with Gasteiger partial charge in [0.05, 0.1) is 0 Å². The number of hydrogen-bond acceptors (Lipinski definition) is 4. The van der Waals surface area contributed by atoms with Gasteiger partial charge in [0, 0.05) is 19.6 Å². The quantitative estimate of drug-likeness (QED) is 0.726. The van der Waals surface area contributed by atoms with Gasteiger partial charge < -0.3 is 15.1 Å². The molecule has 7 nitrogen and oxygen atoms in total. The molecule has 0 radical (unpaired) electrons. The third-order valence-corrected chi connectivity index (χ3v) is 5.63. The zero-order chi connectivity index (χ0) is 20.1. The Morgan fingerprint density at radius 2 is 1.75 bits per heavy atom. The van der Waals surface area contributed by atoms with Gasteiger partial charge in [-0.25, -0.2) is 4.79 Å². The summed E-state index contributed by atoms with van der Waals surface area (Å²) in [6.07, 6.45) is 4.26. The van der Waals surface area contributed by atoms with Gasteiger partial charge in [-0.05, 0) is 32.5 Å². The number of rotatable bonds is 7. The second kappa shape index (κ2) is 8.73. The average molecular weight is 386 g/mol. The van der Waals surface area contributed by atoms with Crippen LogP contribution in [0.2, 0.25) is 0 Å². The summed E-state index contributed by atoms with van der Waals surface area (Å²) in [6.45, 7) is 1.51. The van der Waals surface area contributed by atoms with Gasteiger partial charge in [0.15, 0.2) is 0 Å². The summed E-state index contributed by atoms with van der Waals surface area (Å²) in [5.41, 5.74) is 0.235. The predicted molar refractivity (Wildman–Crippen MR) is 106 cm³/mol. The number of urea groups is 1. The number of benzene rings is 1. The Kier molecular flexibility index (Phi) is 6.34. The molecule has 2 fully saturated rings. The fraction of sp³-hybridized carbons (Fsp3) is 0.571. The SMILES string of the molecule is CN(C)CCN(Cc1ccccc1)C(=O)CN1C(=O)NC2(CCCCC2)C1=O. The van der Waals surface area contributed by atoms with Crippen molar-refractivity contribution >= 4 is 17.8 Å². The second-order valence-corrected chi connectivity index (χ2v) is 8.07. The highest BCUT2D eigenvalue weighted by molar-refractivity contribution is 6.09. The highest BCUT2D eigenvalue weighted by atomic mass is 16.2. The molecule has 3 rings (SSSR count). The molecule has 1 aliphatic carbocycles. The Morgan fingerprint density at radius 1 is 1.07 bits per heavy atom. The summed E-state index contributed by atoms with van der Waals surface area (Å²) in [7, 11) is 3.91. The Balaban J connectivity index is 1.69. The Bertz CT molecular complexity index is 714. The van der Waals surface area contributed by atoms with Crippen molar-refractivity contribution in [3.8, 4) is 0 Å². The van der Waals surface area contributed by atoms with Crippen LogP contribution in [-0.4, -0.2) is 71.8 Å². The minimum Gasteiger partial charge on any atom is -0.336 e. The summed E-state index contributed by atoms with van der Waals surface area (Å²) in [6, 6.07) is 9.32. The molecule has 0 aromatic heterocycles. The zero-order valence-electron chi connectivity index (χ0n) is 16.8. The predicted octanol–water partition coefficient (Wildman–Crippen LogP) is 1.83. The van der Waals surface area contributed by atoms with E-state index in [2.05, 4.69) is 5.32 Å². The van der Waals surface area contributed by atoms with Gasteiger partial charge in [0.1, 0.15) is 12.1 Å². The van der Waals surface area contributed by atoms with Gasteiger partial charge in [-0.15, -0.1) is 0 Å². The van der Waals surface area contributed by atoms with E-state index in [-0.39, 0.29) is 18.4 Å². The normalized spacial score (nSPS) is 18.6. The van der Waals surface area contributed by atoms with Gasteiger partial charge in [-0.3, -0.25) is 14.5 Å². The van der Waals surface area contributed by atoms with E-state index in [1.807, 2.05) is 49.3 Å². The van der Waals surface area contributed by atoms with Crippen LogP contribution in [0.15, 0.2) is 30.3 Å². The average Bonchev–Trinajstić information content (AvgIpc) is 2.90. The molecule has 1 heterocycles. The molecular weight excluding hydrogens is 356 g/mol. The standard InChI is InChI=1S/C21H30N4O3/c1-23(2)13-14-24(15-17-9-5-3-6-10-17)18(26)16-25-19(27)21(22-20(25)28)11-7-4-8-12-21/h3,5-6,9-10H,4,7-8,11-16H2,1-2H3,(H,22,28). The number of carbonyl (C=O) groups excluding carboxylic acids is 3. The Morgan fingerprint density at radius 3 is 2.39 bits per heavy atom. The van der Waals surface area contributed by atoms with E-state index in [1.54, 1.807) is 4.90 Å². The smallest absolute Gasteiger partial charge is 0.325 e. The molecule has 0 unspecified atom stereocenters. The third-order valence-electron chi connectivity index (χ3n) is 5.63. The van der Waals surface area contributed by atoms with Crippen molar-refractivity contribution in [3.63, 3.8) is 0 Å². The molecule has 4 amide bonds. The van der Waals surface area contributed by atoms with Crippen LogP contribution in [-0.2, 0) is 16.1 Å². The Hall–Kier alpha value is -2.41. The van der Waals surface area contributed by atoms with Gasteiger partial charge in [-0.1, -0.05) is 49.6 Å². The van der Waals surface area contributed by atoms with Crippen LogP contribution in [0.3, 0.4) is 0 Å². The molecule has 1 aromatic carbocycles. The monoisotopic (exact) mass is 386 g/mol. The molecule has 152 valence electrons. The number of amides is 4. The van der Waals surface area contributed by atoms with E-state index < -0.39 is 11.6 Å². The van der Waals surface area contributed by atoms with Gasteiger partial charge in [0.25, 0.3) is 5.91 Å². The zero-order valence-corrected chi connectivity index (χ0v) is 16.8. The molecule has 1 saturated heterocycles. The van der Waals surface area contributed by atoms with Crippen LogP contribution in [0, 0.1) is 0 Å². The van der Waals surface area contributed by atoms with E-state index >= 15 is 0 Å². The van der Waals surface area contributed by atoms with Crippen molar-refractivity contribution in [3.05, 3.63) is 35.9 Å². The summed E-state index contributed by atoms with van der Waals surface area (Å²) >= 11 is 0. The first-order chi connectivity index (χ1) is 13.4. The van der Waals surface area contributed by atoms with Crippen LogP contribution in [0.25, 0.3) is 0 Å². The largest absolute Gasteiger partial charge is 0.336 e. The third kappa shape index (κ3) is 4.52. The molecule has 1 N–H and O–H groups in total. The molecule has 1 aliphatic heterocycles. The van der Waals surface area contributed by atoms with Crippen LogP contribution >= 0.6 is 0 Å². The molecule has 1 spiro atoms. The van der Waals surface area contributed by atoms with Gasteiger partial charge >= 0.3 is 6.03 Å². The summed E-state index contributed by atoms with van der Waals surface area (Å²) in [5, 5.41) is 2.87. The maximum Gasteiger partial charge on any atom is 0.325 e. The number of nitrogens with zero attached hydrogens (tertiary/aromatic N) is 3. The molecule has 7 heteroatoms. The second-order valence-electron chi connectivity index (χ2n) is 8.07. The minimum atomic E-state index is -0.788. The van der Waals surface area contributed by atoms with Crippen molar-refractivity contribution in [2.45, 2.75) is 44.2 Å². The molecular formula is C21H30N4O3. The fourth-order valence-corrected chi connectivity index (χ4v) is 3.97. The van der Waals surface area contributed by atoms with Crippen LogP contribution in [0.1, 0.15) is 37.7 Å². The van der Waals surface area contributed by atoms with E-state index in [0.717, 1.165) is 29.7 Å². The van der Waals surface area contributed by atoms with Crippen molar-refractivity contribution in [2.24, 2.45) is 0 Å². The first-order valence-electron chi connectivity index (χ1n) is 10.0. The number of imide groups is 1. The summed E-state index contributed by atoms with van der Waals surface area (Å²) in [4.78, 5) is 43.3. The number of nitrogens with one attached hydrogen (secondary N) is 1. The first-order valence-corrected chi connectivity index (χ1v) is 10.0. The minimum absolute atomic E-state index is 0.202. The Labute approximate surface area is 166 Å². The van der Waals surface area contributed by atoms with Crippen molar-refractivity contribution < 1.29 is 14.4 Å². The van der Waals surface area contributed by atoms with E-state index in [1.165, 1.54) is 0 Å². The number of hydrogen-bond donors (Lipinski definition) is 1. The molecule has 28 heavy (non-hydrogen) atoms. The van der Waals surface area contributed by atoms with Gasteiger partial charge in [0.2, 0.25) is 5.91 Å². The number of likely N-dealkylation sites (N-methyl/N-ethyl adjacent to an activating group) is 1. The maximum atomic E-state index is 13.0. The van der Waals surface area contributed by atoms with Crippen molar-refractivity contribution in [1.29, 1.82) is 0 Å². The van der Waals surface area contributed by atoms with E-state index in [0.29, 0.717) is 32.5 Å². The van der Waals surface area contributed by atoms with E-state index in [9.17, 15) is 14.4 Å². The van der Waals surface area contributed by atoms with Crippen molar-refractivity contribution in [2.75, 3.05) is 33.7 Å². The lowest BCUT2D eigenvalue weighted by atomic mass is 9.82. The van der Waals surface area contributed by atoms with Crippen LogP contribution in [0.4, 0.5) is 4.79 Å². The molecule has 2 aliphatic rings. The van der Waals surface area contributed by atoms with E-state index in [4.69, 9.17) is 0 Å². The molecule has 1 saturated carbocycles. The molecule has 0 atom stereocenters. The molecule has 1 aromatic rings. The topological polar surface area (TPSA) is 73.0 Å². The lowest BCUT2D eigenvalue weighted by molar-refractivity contribution is -0.140. The fourth-order valence-electron chi connectivity index (χ4n) is 3.97. The summed E-state index contributed by atoms with van der Waals surface area (Å²) < 4.78 is 0. The number of carbonyl (C=O) groups is 3. The molecule has 0 bridgehead atoms. The summed E-state index contributed by atoms with van der Waals surface area (Å²) in [5.74, 6) is -0.445. The first kappa shape index (κ1) is 20.3. The highest BCUT2D eigenvalue weighted by Crippen LogP contribution is 2.33. The highest BCUT2D eigenvalue weighted by Gasteiger charge is 2.51. The van der Waals surface area contributed by atoms with Crippen LogP contribution in [0.5, 0.6) is 0 Å². The van der Waals surface area contributed by atoms with Crippen LogP contribution < -0.4 is 5.32 Å². The maximum absolute atomic E-state index is 13.0. The van der Waals surface area contributed by atoms with Gasteiger partial charge in [-0.2, -0.15) is 0 Å².